The third-order valence-corrected chi connectivity index (χ3v) is 5.15. The Morgan fingerprint density at radius 1 is 1.30 bits per heavy atom. The predicted molar refractivity (Wildman–Crippen MR) is 91.1 cm³/mol. The first-order valence-electron chi connectivity index (χ1n) is 7.80. The standard InChI is InChI=1S/C18H21NO3S/c1-10-9-12-16(23-13-8-6-5-7-11(13)19-12)15(20)14(10)17(21)22-18(2,3)4/h5-8,10,14,19H,9H2,1-4H3. The van der Waals surface area contributed by atoms with Crippen molar-refractivity contribution in [1.29, 1.82) is 0 Å². The van der Waals surface area contributed by atoms with Crippen LogP contribution < -0.4 is 5.32 Å². The van der Waals surface area contributed by atoms with E-state index in [-0.39, 0.29) is 11.7 Å². The number of thioether (sulfide) groups is 1. The van der Waals surface area contributed by atoms with E-state index >= 15 is 0 Å². The molecule has 1 aliphatic carbocycles. The minimum Gasteiger partial charge on any atom is -0.459 e. The summed E-state index contributed by atoms with van der Waals surface area (Å²) < 4.78 is 5.46. The van der Waals surface area contributed by atoms with E-state index in [1.807, 2.05) is 52.0 Å². The average Bonchev–Trinajstić information content (AvgIpc) is 2.43. The summed E-state index contributed by atoms with van der Waals surface area (Å²) in [6.07, 6.45) is 0.673. The van der Waals surface area contributed by atoms with Crippen LogP contribution in [0.15, 0.2) is 39.8 Å². The van der Waals surface area contributed by atoms with Gasteiger partial charge in [-0.05, 0) is 45.2 Å². The van der Waals surface area contributed by atoms with Crippen LogP contribution in [0.1, 0.15) is 34.1 Å². The molecule has 0 amide bonds. The van der Waals surface area contributed by atoms with Gasteiger partial charge in [0.05, 0.1) is 10.6 Å². The van der Waals surface area contributed by atoms with Gasteiger partial charge in [0.15, 0.2) is 5.78 Å². The lowest BCUT2D eigenvalue weighted by Crippen LogP contribution is -2.40. The number of rotatable bonds is 1. The summed E-state index contributed by atoms with van der Waals surface area (Å²) in [7, 11) is 0. The fourth-order valence-electron chi connectivity index (χ4n) is 2.94. The highest BCUT2D eigenvalue weighted by Gasteiger charge is 2.43. The van der Waals surface area contributed by atoms with Crippen molar-refractivity contribution in [2.75, 3.05) is 5.32 Å². The molecule has 0 bridgehead atoms. The van der Waals surface area contributed by atoms with E-state index in [4.69, 9.17) is 4.74 Å². The zero-order valence-corrected chi connectivity index (χ0v) is 14.6. The summed E-state index contributed by atoms with van der Waals surface area (Å²) in [5.74, 6) is -1.33. The van der Waals surface area contributed by atoms with Crippen molar-refractivity contribution in [2.24, 2.45) is 11.8 Å². The van der Waals surface area contributed by atoms with E-state index in [0.29, 0.717) is 11.3 Å². The monoisotopic (exact) mass is 331 g/mol. The molecule has 2 atom stereocenters. The number of para-hydroxylation sites is 1. The van der Waals surface area contributed by atoms with Crippen LogP contribution in [0.3, 0.4) is 0 Å². The van der Waals surface area contributed by atoms with Crippen molar-refractivity contribution < 1.29 is 14.3 Å². The van der Waals surface area contributed by atoms with E-state index < -0.39 is 17.5 Å². The number of fused-ring (bicyclic) bond motifs is 1. The molecule has 0 aromatic heterocycles. The van der Waals surface area contributed by atoms with Crippen molar-refractivity contribution in [3.05, 3.63) is 34.9 Å². The molecule has 1 aromatic rings. The average molecular weight is 331 g/mol. The molecule has 23 heavy (non-hydrogen) atoms. The number of esters is 1. The van der Waals surface area contributed by atoms with Gasteiger partial charge >= 0.3 is 5.97 Å². The van der Waals surface area contributed by atoms with Gasteiger partial charge in [0.25, 0.3) is 0 Å². The molecule has 1 aromatic carbocycles. The minimum absolute atomic E-state index is 0.0746. The number of carbonyl (C=O) groups excluding carboxylic acids is 2. The third-order valence-electron chi connectivity index (χ3n) is 3.92. The van der Waals surface area contributed by atoms with Crippen LogP contribution >= 0.6 is 11.8 Å². The molecule has 0 saturated carbocycles. The maximum absolute atomic E-state index is 12.9. The molecule has 3 rings (SSSR count). The number of ketones is 1. The number of hydrogen-bond acceptors (Lipinski definition) is 5. The number of carbonyl (C=O) groups is 2. The lowest BCUT2D eigenvalue weighted by Gasteiger charge is -2.34. The number of hydrogen-bond donors (Lipinski definition) is 1. The topological polar surface area (TPSA) is 55.4 Å². The molecule has 5 heteroatoms. The quantitative estimate of drug-likeness (QED) is 0.623. The van der Waals surface area contributed by atoms with Crippen LogP contribution in [-0.4, -0.2) is 17.4 Å². The highest BCUT2D eigenvalue weighted by Crippen LogP contribution is 2.46. The molecule has 2 aliphatic rings. The molecule has 122 valence electrons. The molecular weight excluding hydrogens is 310 g/mol. The Kier molecular flexibility index (Phi) is 4.00. The maximum atomic E-state index is 12.9. The summed E-state index contributed by atoms with van der Waals surface area (Å²) in [4.78, 5) is 27.0. The second-order valence-corrected chi connectivity index (χ2v) is 8.14. The molecule has 1 N–H and O–H groups in total. The number of anilines is 1. The number of Topliss-reactive ketones (excluding diaryl/α,β-unsaturated/α-hetero) is 1. The molecule has 0 fully saturated rings. The first kappa shape index (κ1) is 16.1. The van der Waals surface area contributed by atoms with Crippen LogP contribution in [0, 0.1) is 11.8 Å². The number of nitrogens with one attached hydrogen (secondary N) is 1. The number of allylic oxidation sites excluding steroid dienone is 2. The molecule has 4 nitrogen and oxygen atoms in total. The van der Waals surface area contributed by atoms with Crippen LogP contribution in [-0.2, 0) is 14.3 Å². The Morgan fingerprint density at radius 3 is 2.70 bits per heavy atom. The van der Waals surface area contributed by atoms with Crippen molar-refractivity contribution in [3.8, 4) is 0 Å². The van der Waals surface area contributed by atoms with E-state index in [9.17, 15) is 9.59 Å². The van der Waals surface area contributed by atoms with Gasteiger partial charge in [0.1, 0.15) is 11.5 Å². The lowest BCUT2D eigenvalue weighted by molar-refractivity contribution is -0.163. The molecule has 0 saturated heterocycles. The minimum atomic E-state index is -0.715. The van der Waals surface area contributed by atoms with Gasteiger partial charge in [-0.2, -0.15) is 0 Å². The largest absolute Gasteiger partial charge is 0.459 e. The summed E-state index contributed by atoms with van der Waals surface area (Å²) in [5, 5.41) is 3.35. The van der Waals surface area contributed by atoms with Crippen molar-refractivity contribution in [3.63, 3.8) is 0 Å². The van der Waals surface area contributed by atoms with Gasteiger partial charge in [-0.3, -0.25) is 9.59 Å². The fourth-order valence-corrected chi connectivity index (χ4v) is 4.02. The number of ether oxygens (including phenoxy) is 1. The predicted octanol–water partition coefficient (Wildman–Crippen LogP) is 3.98. The molecule has 0 spiro atoms. The Labute approximate surface area is 140 Å². The van der Waals surface area contributed by atoms with Gasteiger partial charge < -0.3 is 10.1 Å². The van der Waals surface area contributed by atoms with Crippen molar-refractivity contribution in [1.82, 2.24) is 0 Å². The Balaban J connectivity index is 1.88. The molecular formula is C18H21NO3S. The van der Waals surface area contributed by atoms with Crippen LogP contribution in [0.4, 0.5) is 5.69 Å². The second-order valence-electron chi connectivity index (χ2n) is 7.09. The highest BCUT2D eigenvalue weighted by atomic mass is 32.2. The van der Waals surface area contributed by atoms with Gasteiger partial charge in [-0.1, -0.05) is 30.8 Å². The van der Waals surface area contributed by atoms with E-state index in [0.717, 1.165) is 16.3 Å². The molecule has 0 radical (unpaired) electrons. The van der Waals surface area contributed by atoms with Gasteiger partial charge in [-0.15, -0.1) is 0 Å². The first-order valence-corrected chi connectivity index (χ1v) is 8.62. The zero-order chi connectivity index (χ0) is 16.8. The van der Waals surface area contributed by atoms with Crippen LogP contribution in [0.5, 0.6) is 0 Å². The summed E-state index contributed by atoms with van der Waals surface area (Å²) in [5.41, 5.74) is 1.36. The van der Waals surface area contributed by atoms with Crippen LogP contribution in [0.2, 0.25) is 0 Å². The van der Waals surface area contributed by atoms with Gasteiger partial charge in [0, 0.05) is 10.6 Å². The summed E-state index contributed by atoms with van der Waals surface area (Å²) >= 11 is 1.45. The molecule has 1 aliphatic heterocycles. The molecule has 1 heterocycles. The van der Waals surface area contributed by atoms with E-state index in [1.54, 1.807) is 0 Å². The Hall–Kier alpha value is -1.75. The van der Waals surface area contributed by atoms with E-state index in [1.165, 1.54) is 11.8 Å². The lowest BCUT2D eigenvalue weighted by atomic mass is 9.81. The Morgan fingerprint density at radius 2 is 2.00 bits per heavy atom. The van der Waals surface area contributed by atoms with Crippen molar-refractivity contribution in [2.45, 2.75) is 44.6 Å². The first-order chi connectivity index (χ1) is 10.8. The maximum Gasteiger partial charge on any atom is 0.317 e. The SMILES string of the molecule is CC1CC2=C(Sc3ccccc3N2)C(=O)C1C(=O)OC(C)(C)C. The normalized spacial score (nSPS) is 23.7. The van der Waals surface area contributed by atoms with Crippen molar-refractivity contribution >= 4 is 29.2 Å². The van der Waals surface area contributed by atoms with Gasteiger partial charge in [-0.25, -0.2) is 0 Å². The number of benzene rings is 1. The smallest absolute Gasteiger partial charge is 0.317 e. The highest BCUT2D eigenvalue weighted by molar-refractivity contribution is 8.04. The second kappa shape index (κ2) is 5.71. The third kappa shape index (κ3) is 3.15. The zero-order valence-electron chi connectivity index (χ0n) is 13.8. The van der Waals surface area contributed by atoms with Crippen LogP contribution in [0.25, 0.3) is 0 Å². The fraction of sp³-hybridized carbons (Fsp3) is 0.444. The summed E-state index contributed by atoms with van der Waals surface area (Å²) in [6, 6.07) is 7.89. The molecule has 2 unspecified atom stereocenters. The Bertz CT molecular complexity index is 702. The van der Waals surface area contributed by atoms with E-state index in [2.05, 4.69) is 5.32 Å². The van der Waals surface area contributed by atoms with Gasteiger partial charge in [0.2, 0.25) is 0 Å². The summed E-state index contributed by atoms with van der Waals surface area (Å²) in [6.45, 7) is 7.39.